The summed E-state index contributed by atoms with van der Waals surface area (Å²) < 4.78 is 1.45. The fourth-order valence-corrected chi connectivity index (χ4v) is 1.54. The lowest BCUT2D eigenvalue weighted by Crippen LogP contribution is -1.97. The van der Waals surface area contributed by atoms with E-state index in [2.05, 4.69) is 4.98 Å². The Morgan fingerprint density at radius 3 is 2.88 bits per heavy atom. The maximum absolute atomic E-state index is 10.7. The van der Waals surface area contributed by atoms with E-state index in [1.807, 2.05) is 6.07 Å². The summed E-state index contributed by atoms with van der Waals surface area (Å²) in [7, 11) is 0. The molecule has 0 aliphatic rings. The first-order valence-electron chi connectivity index (χ1n) is 4.59. The SMILES string of the molecule is N#Cc1ccc(Cl)cc1-n1cnc(C(=O)O)c1. The van der Waals surface area contributed by atoms with Gasteiger partial charge in [-0.1, -0.05) is 11.6 Å². The van der Waals surface area contributed by atoms with Crippen LogP contribution >= 0.6 is 11.6 Å². The van der Waals surface area contributed by atoms with Crippen molar-refractivity contribution in [3.63, 3.8) is 0 Å². The molecule has 0 atom stereocenters. The van der Waals surface area contributed by atoms with Crippen molar-refractivity contribution >= 4 is 17.6 Å². The molecular weight excluding hydrogens is 242 g/mol. The van der Waals surface area contributed by atoms with Crippen molar-refractivity contribution in [2.24, 2.45) is 0 Å². The van der Waals surface area contributed by atoms with Gasteiger partial charge in [0.15, 0.2) is 5.69 Å². The number of carboxylic acids is 1. The van der Waals surface area contributed by atoms with E-state index in [1.54, 1.807) is 18.2 Å². The summed E-state index contributed by atoms with van der Waals surface area (Å²) in [6.45, 7) is 0. The minimum absolute atomic E-state index is 0.0890. The zero-order chi connectivity index (χ0) is 12.4. The van der Waals surface area contributed by atoms with Gasteiger partial charge in [-0.25, -0.2) is 9.78 Å². The third-order valence-electron chi connectivity index (χ3n) is 2.16. The van der Waals surface area contributed by atoms with Crippen molar-refractivity contribution in [3.05, 3.63) is 47.0 Å². The molecule has 1 aromatic carbocycles. The summed E-state index contributed by atoms with van der Waals surface area (Å²) >= 11 is 5.83. The Morgan fingerprint density at radius 2 is 2.29 bits per heavy atom. The Kier molecular flexibility index (Phi) is 2.81. The number of halogens is 1. The Bertz CT molecular complexity index is 628. The quantitative estimate of drug-likeness (QED) is 0.881. The Balaban J connectivity index is 2.56. The van der Waals surface area contributed by atoms with Crippen molar-refractivity contribution in [1.82, 2.24) is 9.55 Å². The second-order valence-corrected chi connectivity index (χ2v) is 3.68. The van der Waals surface area contributed by atoms with Crippen LogP contribution in [-0.4, -0.2) is 20.6 Å². The van der Waals surface area contributed by atoms with E-state index in [-0.39, 0.29) is 5.69 Å². The predicted molar refractivity (Wildman–Crippen MR) is 60.2 cm³/mol. The van der Waals surface area contributed by atoms with E-state index in [1.165, 1.54) is 17.1 Å². The maximum atomic E-state index is 10.7. The van der Waals surface area contributed by atoms with Crippen LogP contribution in [0.3, 0.4) is 0 Å². The highest BCUT2D eigenvalue weighted by molar-refractivity contribution is 6.30. The summed E-state index contributed by atoms with van der Waals surface area (Å²) in [4.78, 5) is 14.4. The first-order chi connectivity index (χ1) is 8.11. The summed E-state index contributed by atoms with van der Waals surface area (Å²) in [5.74, 6) is -1.12. The van der Waals surface area contributed by atoms with Crippen LogP contribution in [0, 0.1) is 11.3 Å². The van der Waals surface area contributed by atoms with E-state index in [0.29, 0.717) is 16.3 Å². The molecule has 0 unspecified atom stereocenters. The van der Waals surface area contributed by atoms with Gasteiger partial charge in [0.1, 0.15) is 12.4 Å². The molecule has 0 saturated carbocycles. The number of nitriles is 1. The standard InChI is InChI=1S/C11H6ClN3O2/c12-8-2-1-7(4-13)10(3-8)15-5-9(11(16)17)14-6-15/h1-3,5-6H,(H,16,17). The average Bonchev–Trinajstić information content (AvgIpc) is 2.78. The first-order valence-corrected chi connectivity index (χ1v) is 4.97. The largest absolute Gasteiger partial charge is 0.476 e. The molecule has 17 heavy (non-hydrogen) atoms. The average molecular weight is 248 g/mol. The van der Waals surface area contributed by atoms with Gasteiger partial charge < -0.3 is 9.67 Å². The van der Waals surface area contributed by atoms with Crippen LogP contribution in [0.1, 0.15) is 16.1 Å². The number of rotatable bonds is 2. The van der Waals surface area contributed by atoms with Crippen LogP contribution in [0.15, 0.2) is 30.7 Å². The van der Waals surface area contributed by atoms with Gasteiger partial charge in [-0.2, -0.15) is 5.26 Å². The van der Waals surface area contributed by atoms with E-state index in [9.17, 15) is 4.79 Å². The molecular formula is C11H6ClN3O2. The molecule has 5 nitrogen and oxygen atoms in total. The summed E-state index contributed by atoms with van der Waals surface area (Å²) in [6.07, 6.45) is 2.66. The van der Waals surface area contributed by atoms with Crippen molar-refractivity contribution in [3.8, 4) is 11.8 Å². The Labute approximate surface area is 102 Å². The van der Waals surface area contributed by atoms with Crippen molar-refractivity contribution in [1.29, 1.82) is 5.26 Å². The number of benzene rings is 1. The van der Waals surface area contributed by atoms with Gasteiger partial charge in [0.25, 0.3) is 0 Å². The maximum Gasteiger partial charge on any atom is 0.356 e. The number of hydrogen-bond acceptors (Lipinski definition) is 3. The lowest BCUT2D eigenvalue weighted by Gasteiger charge is -2.04. The Hall–Kier alpha value is -2.32. The van der Waals surface area contributed by atoms with E-state index in [4.69, 9.17) is 22.0 Å². The number of carboxylic acid groups (broad SMARTS) is 1. The lowest BCUT2D eigenvalue weighted by molar-refractivity contribution is 0.0691. The molecule has 1 N–H and O–H groups in total. The molecule has 1 aromatic heterocycles. The highest BCUT2D eigenvalue weighted by Crippen LogP contribution is 2.19. The van der Waals surface area contributed by atoms with Gasteiger partial charge >= 0.3 is 5.97 Å². The number of aromatic carboxylic acids is 1. The highest BCUT2D eigenvalue weighted by Gasteiger charge is 2.10. The molecule has 6 heteroatoms. The van der Waals surface area contributed by atoms with Gasteiger partial charge in [0.2, 0.25) is 0 Å². The molecule has 0 aliphatic heterocycles. The second-order valence-electron chi connectivity index (χ2n) is 3.24. The van der Waals surface area contributed by atoms with Gasteiger partial charge in [-0.15, -0.1) is 0 Å². The van der Waals surface area contributed by atoms with Crippen molar-refractivity contribution in [2.45, 2.75) is 0 Å². The zero-order valence-electron chi connectivity index (χ0n) is 8.46. The third kappa shape index (κ3) is 2.12. The number of nitrogens with zero attached hydrogens (tertiary/aromatic N) is 3. The fourth-order valence-electron chi connectivity index (χ4n) is 1.38. The predicted octanol–water partition coefficient (Wildman–Crippen LogP) is 2.10. The second kappa shape index (κ2) is 4.28. The summed E-state index contributed by atoms with van der Waals surface area (Å²) in [6, 6.07) is 6.75. The smallest absolute Gasteiger partial charge is 0.356 e. The monoisotopic (exact) mass is 247 g/mol. The van der Waals surface area contributed by atoms with Crippen LogP contribution < -0.4 is 0 Å². The molecule has 0 amide bonds. The summed E-state index contributed by atoms with van der Waals surface area (Å²) in [5, 5.41) is 18.2. The van der Waals surface area contributed by atoms with E-state index in [0.717, 1.165) is 0 Å². The van der Waals surface area contributed by atoms with Gasteiger partial charge in [0.05, 0.1) is 11.3 Å². The number of hydrogen-bond donors (Lipinski definition) is 1. The van der Waals surface area contributed by atoms with Gasteiger partial charge in [-0.3, -0.25) is 0 Å². The normalized spacial score (nSPS) is 9.88. The number of imidazole rings is 1. The number of aromatic nitrogens is 2. The molecule has 0 radical (unpaired) electrons. The van der Waals surface area contributed by atoms with E-state index < -0.39 is 5.97 Å². The molecule has 0 bridgehead atoms. The van der Waals surface area contributed by atoms with Gasteiger partial charge in [-0.05, 0) is 18.2 Å². The fraction of sp³-hybridized carbons (Fsp3) is 0. The highest BCUT2D eigenvalue weighted by atomic mass is 35.5. The molecule has 2 aromatic rings. The number of carbonyl (C=O) groups is 1. The van der Waals surface area contributed by atoms with Gasteiger partial charge in [0, 0.05) is 11.2 Å². The van der Waals surface area contributed by atoms with Crippen molar-refractivity contribution in [2.75, 3.05) is 0 Å². The lowest BCUT2D eigenvalue weighted by atomic mass is 10.2. The third-order valence-corrected chi connectivity index (χ3v) is 2.40. The topological polar surface area (TPSA) is 78.9 Å². The van der Waals surface area contributed by atoms with Crippen molar-refractivity contribution < 1.29 is 9.90 Å². The van der Waals surface area contributed by atoms with Crippen LogP contribution in [-0.2, 0) is 0 Å². The molecule has 0 aliphatic carbocycles. The molecule has 0 fully saturated rings. The van der Waals surface area contributed by atoms with Crippen LogP contribution in [0.5, 0.6) is 0 Å². The first kappa shape index (κ1) is 11.2. The minimum atomic E-state index is -1.12. The molecule has 84 valence electrons. The van der Waals surface area contributed by atoms with Crippen LogP contribution in [0.25, 0.3) is 5.69 Å². The Morgan fingerprint density at radius 1 is 1.53 bits per heavy atom. The molecule has 0 saturated heterocycles. The molecule has 0 spiro atoms. The minimum Gasteiger partial charge on any atom is -0.476 e. The van der Waals surface area contributed by atoms with Crippen LogP contribution in [0.4, 0.5) is 0 Å². The van der Waals surface area contributed by atoms with Crippen LogP contribution in [0.2, 0.25) is 5.02 Å². The van der Waals surface area contributed by atoms with E-state index >= 15 is 0 Å². The molecule has 1 heterocycles. The molecule has 2 rings (SSSR count). The summed E-state index contributed by atoms with van der Waals surface area (Å²) in [5.41, 5.74) is 0.803. The zero-order valence-corrected chi connectivity index (χ0v) is 9.22.